The van der Waals surface area contributed by atoms with Crippen molar-refractivity contribution in [2.24, 2.45) is 0 Å². The highest BCUT2D eigenvalue weighted by Crippen LogP contribution is 2.58. The molecule has 0 atom stereocenters. The molecule has 0 fully saturated rings. The van der Waals surface area contributed by atoms with Crippen LogP contribution in [0, 0.1) is 0 Å². The maximum Gasteiger partial charge on any atom is 0.305 e. The molecule has 0 saturated heterocycles. The minimum absolute atomic E-state index is 0.528. The number of hydrogen-bond acceptors (Lipinski definition) is 3. The highest BCUT2D eigenvalue weighted by molar-refractivity contribution is 8.30. The second kappa shape index (κ2) is 15.0. The van der Waals surface area contributed by atoms with E-state index in [1.165, 1.54) is 10.1 Å². The second-order valence-corrected chi connectivity index (χ2v) is 22.8. The summed E-state index contributed by atoms with van der Waals surface area (Å²) in [5.74, 6) is 0. The van der Waals surface area contributed by atoms with Crippen LogP contribution in [0.5, 0.6) is 0 Å². The molecule has 0 radical (unpaired) electrons. The molecule has 7 rings (SSSR count). The minimum atomic E-state index is -2.69. The summed E-state index contributed by atoms with van der Waals surface area (Å²) < 4.78 is 7.24. The molecule has 0 N–H and O–H groups in total. The van der Waals surface area contributed by atoms with Gasteiger partial charge in [0.1, 0.15) is 0 Å². The third-order valence-corrected chi connectivity index (χ3v) is 23.5. The highest BCUT2D eigenvalue weighted by atomic mass is 32.4. The predicted molar refractivity (Wildman–Crippen MR) is 224 cm³/mol. The number of benzene rings is 6. The van der Waals surface area contributed by atoms with Crippen LogP contribution in [0.1, 0.15) is 6.92 Å². The van der Waals surface area contributed by atoms with Crippen LogP contribution in [0.3, 0.4) is 0 Å². The fourth-order valence-electron chi connectivity index (χ4n) is 6.44. The summed E-state index contributed by atoms with van der Waals surface area (Å²) in [6.45, 7) is 2.63. The third kappa shape index (κ3) is 6.38. The molecule has 1 aromatic heterocycles. The van der Waals surface area contributed by atoms with Crippen molar-refractivity contribution in [1.82, 2.24) is 0 Å². The van der Waals surface area contributed by atoms with Crippen molar-refractivity contribution < 1.29 is 4.52 Å². The van der Waals surface area contributed by atoms with E-state index in [0.717, 1.165) is 43.5 Å². The molecule has 0 aliphatic rings. The van der Waals surface area contributed by atoms with Crippen LogP contribution < -0.4 is 35.8 Å². The average Bonchev–Trinajstić information content (AvgIpc) is 3.19. The molecule has 0 amide bonds. The molecule has 0 spiro atoms. The first-order chi connectivity index (χ1) is 24.1. The van der Waals surface area contributed by atoms with Gasteiger partial charge in [-0.05, 0) is 45.3 Å². The van der Waals surface area contributed by atoms with Gasteiger partial charge >= 0.3 is 7.76 Å². The van der Waals surface area contributed by atoms with E-state index < -0.39 is 19.8 Å². The predicted octanol–water partition coefficient (Wildman–Crippen LogP) is 9.25. The van der Waals surface area contributed by atoms with Crippen LogP contribution in [0.2, 0.25) is 0 Å². The van der Waals surface area contributed by atoms with Crippen molar-refractivity contribution in [2.45, 2.75) is 6.92 Å². The van der Waals surface area contributed by atoms with E-state index in [1.54, 1.807) is 0 Å². The summed E-state index contributed by atoms with van der Waals surface area (Å²) >= 11 is 14.4. The fourth-order valence-corrected chi connectivity index (χ4v) is 21.0. The SMILES string of the molecule is CCO[p+]1c(P(=S)(c2ccccc2)c2ccccc2)c(-c2ccccc2)cc(-c2ccccc2)c1P(=S)(c1ccccc1)c1ccccc1. The lowest BCUT2D eigenvalue weighted by molar-refractivity contribution is 0.462. The van der Waals surface area contributed by atoms with Crippen LogP contribution >= 0.6 is 19.8 Å². The molecule has 0 aliphatic heterocycles. The summed E-state index contributed by atoms with van der Waals surface area (Å²) in [7, 11) is -1.48. The highest BCUT2D eigenvalue weighted by Gasteiger charge is 2.47. The molecule has 0 saturated carbocycles. The molecule has 6 heteroatoms. The summed E-state index contributed by atoms with van der Waals surface area (Å²) in [6, 6.07) is 61.3. The second-order valence-electron chi connectivity index (χ2n) is 11.6. The van der Waals surface area contributed by atoms with Crippen molar-refractivity contribution in [3.05, 3.63) is 188 Å². The minimum Gasteiger partial charge on any atom is -0.174 e. The smallest absolute Gasteiger partial charge is 0.174 e. The zero-order chi connectivity index (χ0) is 33.7. The Kier molecular flexibility index (Phi) is 10.3. The third-order valence-electron chi connectivity index (χ3n) is 8.66. The van der Waals surface area contributed by atoms with Crippen molar-refractivity contribution >= 4 is 74.7 Å². The molecule has 6 aromatic carbocycles. The van der Waals surface area contributed by atoms with Gasteiger partial charge < -0.3 is 0 Å². The van der Waals surface area contributed by atoms with Gasteiger partial charge in [0.2, 0.25) is 10.1 Å². The van der Waals surface area contributed by atoms with Gasteiger partial charge in [-0.1, -0.05) is 206 Å². The van der Waals surface area contributed by atoms with E-state index in [9.17, 15) is 0 Å². The Morgan fingerprint density at radius 3 is 0.959 bits per heavy atom. The summed E-state index contributed by atoms with van der Waals surface area (Å²) in [5, 5.41) is 6.98. The maximum absolute atomic E-state index is 7.24. The Balaban J connectivity index is 1.76. The van der Waals surface area contributed by atoms with E-state index in [4.69, 9.17) is 28.1 Å². The van der Waals surface area contributed by atoms with Crippen molar-refractivity contribution in [1.29, 1.82) is 0 Å². The lowest BCUT2D eigenvalue weighted by Gasteiger charge is -2.28. The monoisotopic (exact) mass is 725 g/mol. The fraction of sp³-hybridized carbons (Fsp3) is 0.0465. The molecule has 0 aliphatic carbocycles. The molecular weight excluding hydrogens is 690 g/mol. The van der Waals surface area contributed by atoms with Gasteiger partial charge in [-0.25, -0.2) is 0 Å². The Bertz CT molecular complexity index is 2020. The van der Waals surface area contributed by atoms with Gasteiger partial charge in [0, 0.05) is 11.1 Å². The van der Waals surface area contributed by atoms with Crippen LogP contribution in [0.4, 0.5) is 0 Å². The Morgan fingerprint density at radius 2 is 0.694 bits per heavy atom. The zero-order valence-corrected chi connectivity index (χ0v) is 31.5. The summed E-state index contributed by atoms with van der Waals surface area (Å²) in [4.78, 5) is 0. The normalized spacial score (nSPS) is 11.7. The first kappa shape index (κ1) is 33.7. The molecule has 240 valence electrons. The largest absolute Gasteiger partial charge is 0.305 e. The Labute approximate surface area is 301 Å². The lowest BCUT2D eigenvalue weighted by atomic mass is 10.0. The molecule has 49 heavy (non-hydrogen) atoms. The van der Waals surface area contributed by atoms with Gasteiger partial charge in [-0.2, -0.15) is 4.52 Å². The molecule has 0 unspecified atom stereocenters. The zero-order valence-electron chi connectivity index (χ0n) is 27.2. The van der Waals surface area contributed by atoms with E-state index in [-0.39, 0.29) is 0 Å². The van der Waals surface area contributed by atoms with Gasteiger partial charge in [-0.3, -0.25) is 0 Å². The number of rotatable bonds is 10. The van der Waals surface area contributed by atoms with Crippen molar-refractivity contribution in [2.75, 3.05) is 6.61 Å². The van der Waals surface area contributed by atoms with Crippen LogP contribution in [0.25, 0.3) is 22.3 Å². The first-order valence-corrected chi connectivity index (χ1v) is 23.2. The molecule has 1 heterocycles. The van der Waals surface area contributed by atoms with Crippen molar-refractivity contribution in [3.8, 4) is 22.3 Å². The van der Waals surface area contributed by atoms with E-state index in [2.05, 4.69) is 195 Å². The molecule has 1 nitrogen and oxygen atoms in total. The van der Waals surface area contributed by atoms with Gasteiger partial charge in [0.15, 0.2) is 0 Å². The lowest BCUT2D eigenvalue weighted by Crippen LogP contribution is -2.32. The first-order valence-electron chi connectivity index (χ1n) is 16.4. The topological polar surface area (TPSA) is 9.23 Å². The summed E-state index contributed by atoms with van der Waals surface area (Å²) in [6.07, 6.45) is 0. The van der Waals surface area contributed by atoms with Crippen molar-refractivity contribution in [3.63, 3.8) is 0 Å². The summed E-state index contributed by atoms with van der Waals surface area (Å²) in [5.41, 5.74) is 4.54. The molecule has 7 aromatic rings. The van der Waals surface area contributed by atoms with Gasteiger partial charge in [0.25, 0.3) is 0 Å². The van der Waals surface area contributed by atoms with Crippen LogP contribution in [-0.2, 0) is 23.6 Å². The van der Waals surface area contributed by atoms with E-state index >= 15 is 0 Å². The van der Waals surface area contributed by atoms with Crippen LogP contribution in [0.15, 0.2) is 188 Å². The Morgan fingerprint density at radius 1 is 0.429 bits per heavy atom. The quantitative estimate of drug-likeness (QED) is 0.130. The van der Waals surface area contributed by atoms with Gasteiger partial charge in [-0.15, -0.1) is 0 Å². The maximum atomic E-state index is 7.24. The van der Waals surface area contributed by atoms with E-state index in [0.29, 0.717) is 6.61 Å². The standard InChI is InChI=1S/C43H36OP3S2/c1-2-44-45-42(46(48,36-25-13-5-14-26-36)37-27-15-6-16-28-37)40(34-21-9-3-10-22-34)33-41(35-23-11-4-12-24-35)43(45)47(49,38-29-17-7-18-30-38)39-31-19-8-20-32-39/h3-33H,2H2,1H3/q+1. The van der Waals surface area contributed by atoms with Gasteiger partial charge in [0.05, 0.1) is 18.7 Å². The number of hydrogen-bond donors (Lipinski definition) is 0. The van der Waals surface area contributed by atoms with Crippen LogP contribution in [-0.4, -0.2) is 6.61 Å². The molecule has 0 bridgehead atoms. The molecular formula is C43H36OP3S2+. The average molecular weight is 726 g/mol. The van der Waals surface area contributed by atoms with E-state index in [1.807, 2.05) is 0 Å². The Hall–Kier alpha value is -3.77.